The third kappa shape index (κ3) is 5.37. The molecule has 6 heteroatoms. The van der Waals surface area contributed by atoms with Crippen LogP contribution in [-0.4, -0.2) is 22.3 Å². The lowest BCUT2D eigenvalue weighted by Gasteiger charge is -2.11. The molecule has 0 aliphatic heterocycles. The highest BCUT2D eigenvalue weighted by Gasteiger charge is 2.21. The van der Waals surface area contributed by atoms with Crippen molar-refractivity contribution in [3.05, 3.63) is 41.6 Å². The van der Waals surface area contributed by atoms with Crippen LogP contribution in [-0.2, 0) is 28.0 Å². The van der Waals surface area contributed by atoms with E-state index < -0.39 is 0 Å². The molecule has 1 aromatic heterocycles. The van der Waals surface area contributed by atoms with Crippen molar-refractivity contribution < 1.29 is 18.7 Å². The van der Waals surface area contributed by atoms with E-state index in [4.69, 9.17) is 13.9 Å². The Balaban J connectivity index is 1.88. The molecule has 0 N–H and O–H groups in total. The van der Waals surface area contributed by atoms with E-state index in [-0.39, 0.29) is 30.5 Å². The number of benzene rings is 1. The van der Waals surface area contributed by atoms with Crippen LogP contribution in [0.25, 0.3) is 0 Å². The predicted molar refractivity (Wildman–Crippen MR) is 88.7 cm³/mol. The fourth-order valence-corrected chi connectivity index (χ4v) is 1.98. The molecule has 0 saturated heterocycles. The quantitative estimate of drug-likeness (QED) is 0.754. The van der Waals surface area contributed by atoms with Gasteiger partial charge in [0, 0.05) is 5.41 Å². The molecule has 6 nitrogen and oxygen atoms in total. The molecule has 0 aliphatic carbocycles. The number of esters is 1. The fraction of sp³-hybridized carbons (Fsp3) is 0.500. The molecule has 24 heavy (non-hydrogen) atoms. The molecule has 0 unspecified atom stereocenters. The maximum Gasteiger partial charge on any atom is 0.310 e. The summed E-state index contributed by atoms with van der Waals surface area (Å²) >= 11 is 0. The summed E-state index contributed by atoms with van der Waals surface area (Å²) in [6.07, 6.45) is 0.247. The standard InChI is InChI=1S/C18H24N2O4/c1-12(2)23-14-8-6-7-13(9-14)10-16(21)22-11-15-19-20-17(24-15)18(3,4)5/h6-9,12H,10-11H2,1-5H3. The van der Waals surface area contributed by atoms with E-state index in [0.29, 0.717) is 11.8 Å². The zero-order valence-corrected chi connectivity index (χ0v) is 14.8. The molecule has 0 spiro atoms. The van der Waals surface area contributed by atoms with Crippen LogP contribution in [0.15, 0.2) is 28.7 Å². The monoisotopic (exact) mass is 332 g/mol. The molecule has 1 aromatic carbocycles. The summed E-state index contributed by atoms with van der Waals surface area (Å²) in [5.74, 6) is 1.20. The van der Waals surface area contributed by atoms with Gasteiger partial charge in [-0.05, 0) is 31.5 Å². The Bertz CT molecular complexity index is 686. The van der Waals surface area contributed by atoms with Crippen LogP contribution in [0.2, 0.25) is 0 Å². The number of nitrogens with zero attached hydrogens (tertiary/aromatic N) is 2. The molecule has 1 heterocycles. The lowest BCUT2D eigenvalue weighted by atomic mass is 9.97. The van der Waals surface area contributed by atoms with Crippen molar-refractivity contribution >= 4 is 5.97 Å². The number of carbonyl (C=O) groups is 1. The van der Waals surface area contributed by atoms with Gasteiger partial charge < -0.3 is 13.9 Å². The first-order chi connectivity index (χ1) is 11.2. The Morgan fingerprint density at radius 2 is 2.00 bits per heavy atom. The Hall–Kier alpha value is -2.37. The van der Waals surface area contributed by atoms with E-state index in [1.807, 2.05) is 58.9 Å². The van der Waals surface area contributed by atoms with Crippen molar-refractivity contribution in [3.63, 3.8) is 0 Å². The number of ether oxygens (including phenoxy) is 2. The minimum absolute atomic E-state index is 0.0237. The van der Waals surface area contributed by atoms with Crippen LogP contribution < -0.4 is 4.74 Å². The summed E-state index contributed by atoms with van der Waals surface area (Å²) in [7, 11) is 0. The Morgan fingerprint density at radius 1 is 1.25 bits per heavy atom. The first-order valence-electron chi connectivity index (χ1n) is 7.98. The molecule has 0 saturated carbocycles. The average molecular weight is 332 g/mol. The predicted octanol–water partition coefficient (Wildman–Crippen LogP) is 3.44. The molecule has 0 fully saturated rings. The van der Waals surface area contributed by atoms with Crippen LogP contribution in [0.1, 0.15) is 52.0 Å². The summed E-state index contributed by atoms with van der Waals surface area (Å²) in [4.78, 5) is 12.0. The van der Waals surface area contributed by atoms with Gasteiger partial charge in [0.1, 0.15) is 5.75 Å². The number of carbonyl (C=O) groups excluding carboxylic acids is 1. The van der Waals surface area contributed by atoms with E-state index in [0.717, 1.165) is 11.3 Å². The first kappa shape index (κ1) is 18.0. The lowest BCUT2D eigenvalue weighted by molar-refractivity contribution is -0.144. The van der Waals surface area contributed by atoms with Gasteiger partial charge in [-0.3, -0.25) is 4.79 Å². The molecule has 2 rings (SSSR count). The zero-order chi connectivity index (χ0) is 17.7. The maximum atomic E-state index is 12.0. The molecule has 0 radical (unpaired) electrons. The van der Waals surface area contributed by atoms with Gasteiger partial charge in [-0.15, -0.1) is 10.2 Å². The first-order valence-corrected chi connectivity index (χ1v) is 7.98. The van der Waals surface area contributed by atoms with Gasteiger partial charge in [0.15, 0.2) is 6.61 Å². The Morgan fingerprint density at radius 3 is 2.62 bits per heavy atom. The smallest absolute Gasteiger partial charge is 0.310 e. The van der Waals surface area contributed by atoms with E-state index >= 15 is 0 Å². The van der Waals surface area contributed by atoms with Gasteiger partial charge in [-0.1, -0.05) is 32.9 Å². The van der Waals surface area contributed by atoms with Crippen LogP contribution in [0, 0.1) is 0 Å². The van der Waals surface area contributed by atoms with E-state index in [1.54, 1.807) is 0 Å². The molecule has 0 amide bonds. The fourth-order valence-electron chi connectivity index (χ4n) is 1.98. The summed E-state index contributed by atoms with van der Waals surface area (Å²) in [5, 5.41) is 7.86. The summed E-state index contributed by atoms with van der Waals surface area (Å²) < 4.78 is 16.3. The second kappa shape index (κ2) is 7.47. The molecule has 2 aromatic rings. The zero-order valence-electron chi connectivity index (χ0n) is 14.8. The molecular weight excluding hydrogens is 308 g/mol. The van der Waals surface area contributed by atoms with Crippen LogP contribution in [0.5, 0.6) is 5.75 Å². The third-order valence-corrected chi connectivity index (χ3v) is 3.08. The Labute approximate surface area is 142 Å². The van der Waals surface area contributed by atoms with Crippen molar-refractivity contribution in [1.29, 1.82) is 0 Å². The van der Waals surface area contributed by atoms with E-state index in [9.17, 15) is 4.79 Å². The van der Waals surface area contributed by atoms with Gasteiger partial charge in [0.25, 0.3) is 5.89 Å². The highest BCUT2D eigenvalue weighted by atomic mass is 16.5. The van der Waals surface area contributed by atoms with E-state index in [1.165, 1.54) is 0 Å². The van der Waals surface area contributed by atoms with Crippen molar-refractivity contribution in [3.8, 4) is 5.75 Å². The van der Waals surface area contributed by atoms with Crippen molar-refractivity contribution in [2.45, 2.75) is 59.2 Å². The lowest BCUT2D eigenvalue weighted by Crippen LogP contribution is -2.11. The summed E-state index contributed by atoms with van der Waals surface area (Å²) in [5.41, 5.74) is 0.602. The van der Waals surface area contributed by atoms with Gasteiger partial charge in [0.05, 0.1) is 12.5 Å². The normalized spacial score (nSPS) is 11.6. The minimum Gasteiger partial charge on any atom is -0.491 e. The molecule has 0 aliphatic rings. The second-order valence-corrected chi connectivity index (χ2v) is 6.90. The SMILES string of the molecule is CC(C)Oc1cccc(CC(=O)OCc2nnc(C(C)(C)C)o2)c1. The number of hydrogen-bond donors (Lipinski definition) is 0. The molecule has 130 valence electrons. The van der Waals surface area contributed by atoms with E-state index in [2.05, 4.69) is 10.2 Å². The average Bonchev–Trinajstić information content (AvgIpc) is 2.94. The minimum atomic E-state index is -0.354. The van der Waals surface area contributed by atoms with Gasteiger partial charge in [-0.2, -0.15) is 0 Å². The topological polar surface area (TPSA) is 74.5 Å². The summed E-state index contributed by atoms with van der Waals surface area (Å²) in [6, 6.07) is 7.42. The van der Waals surface area contributed by atoms with Crippen LogP contribution in [0.4, 0.5) is 0 Å². The van der Waals surface area contributed by atoms with Crippen LogP contribution in [0.3, 0.4) is 0 Å². The number of rotatable bonds is 6. The van der Waals surface area contributed by atoms with Crippen molar-refractivity contribution in [2.75, 3.05) is 0 Å². The summed E-state index contributed by atoms with van der Waals surface area (Å²) in [6.45, 7) is 9.81. The maximum absolute atomic E-state index is 12.0. The third-order valence-electron chi connectivity index (χ3n) is 3.08. The van der Waals surface area contributed by atoms with Gasteiger partial charge in [-0.25, -0.2) is 0 Å². The molecule has 0 bridgehead atoms. The molecule has 0 atom stereocenters. The highest BCUT2D eigenvalue weighted by Crippen LogP contribution is 2.20. The van der Waals surface area contributed by atoms with Crippen LogP contribution >= 0.6 is 0 Å². The largest absolute Gasteiger partial charge is 0.491 e. The van der Waals surface area contributed by atoms with Crippen molar-refractivity contribution in [1.82, 2.24) is 10.2 Å². The number of aromatic nitrogens is 2. The molecular formula is C18H24N2O4. The van der Waals surface area contributed by atoms with Crippen molar-refractivity contribution in [2.24, 2.45) is 0 Å². The second-order valence-electron chi connectivity index (χ2n) is 6.90. The highest BCUT2D eigenvalue weighted by molar-refractivity contribution is 5.72. The Kier molecular flexibility index (Phi) is 5.59. The van der Waals surface area contributed by atoms with Gasteiger partial charge >= 0.3 is 5.97 Å². The number of hydrogen-bond acceptors (Lipinski definition) is 6. The van der Waals surface area contributed by atoms with Gasteiger partial charge in [0.2, 0.25) is 5.89 Å².